The summed E-state index contributed by atoms with van der Waals surface area (Å²) in [6.45, 7) is 4.48. The van der Waals surface area contributed by atoms with Crippen molar-refractivity contribution in [2.24, 2.45) is 0 Å². The van der Waals surface area contributed by atoms with E-state index < -0.39 is 0 Å². The van der Waals surface area contributed by atoms with E-state index in [4.69, 9.17) is 4.74 Å². The molecular weight excluding hydrogens is 396 g/mol. The van der Waals surface area contributed by atoms with Crippen LogP contribution in [-0.2, 0) is 23.1 Å². The second kappa shape index (κ2) is 8.44. The van der Waals surface area contributed by atoms with Crippen LogP contribution < -0.4 is 9.64 Å². The number of benzene rings is 3. The van der Waals surface area contributed by atoms with Gasteiger partial charge in [-0.05, 0) is 47.7 Å². The Morgan fingerprint density at radius 3 is 2.41 bits per heavy atom. The molecule has 2 aliphatic heterocycles. The number of nitrogens with zero attached hydrogens (tertiary/aromatic N) is 2. The minimum atomic E-state index is -0.222. The van der Waals surface area contributed by atoms with Crippen LogP contribution in [0.2, 0.25) is 0 Å². The van der Waals surface area contributed by atoms with Crippen molar-refractivity contribution in [3.05, 3.63) is 95.6 Å². The highest BCUT2D eigenvalue weighted by molar-refractivity contribution is 5.76. The van der Waals surface area contributed by atoms with Crippen LogP contribution in [0.25, 0.3) is 0 Å². The smallest absolute Gasteiger partial charge is 0.315 e. The summed E-state index contributed by atoms with van der Waals surface area (Å²) in [6.07, 6.45) is 2.77. The van der Waals surface area contributed by atoms with Gasteiger partial charge in [0.1, 0.15) is 5.75 Å². The van der Waals surface area contributed by atoms with Gasteiger partial charge in [-0.15, -0.1) is 0 Å². The van der Waals surface area contributed by atoms with Gasteiger partial charge in [-0.2, -0.15) is 0 Å². The fourth-order valence-electron chi connectivity index (χ4n) is 5.53. The molecule has 0 N–H and O–H groups in total. The van der Waals surface area contributed by atoms with Gasteiger partial charge in [0.05, 0.1) is 12.6 Å². The molecule has 3 aromatic carbocycles. The van der Waals surface area contributed by atoms with Gasteiger partial charge in [0.2, 0.25) is 0 Å². The van der Waals surface area contributed by atoms with Crippen LogP contribution in [-0.4, -0.2) is 37.2 Å². The van der Waals surface area contributed by atoms with Crippen LogP contribution in [0.4, 0.5) is 5.69 Å². The molecule has 3 aromatic rings. The van der Waals surface area contributed by atoms with Gasteiger partial charge in [0.15, 0.2) is 0 Å². The maximum absolute atomic E-state index is 12.5. The molecule has 0 radical (unpaired) electrons. The standard InChI is InChI=1S/C28H30N2O2/c1-28-16-18-30(17-15-21-9-5-3-6-10-21)27(28)29(2)25-14-13-23(20-24(25)28)32-26(31)19-22-11-7-4-8-12-22/h3-14,20,27H,15-19H2,1-2H3/t27?,28-/m0/s1. The molecule has 0 spiro atoms. The number of likely N-dealkylation sites (N-methyl/N-ethyl adjacent to an activating group) is 1. The maximum atomic E-state index is 12.5. The van der Waals surface area contributed by atoms with E-state index in [0.29, 0.717) is 11.9 Å². The first-order chi connectivity index (χ1) is 15.5. The zero-order valence-corrected chi connectivity index (χ0v) is 18.8. The number of esters is 1. The third-order valence-electron chi connectivity index (χ3n) is 7.12. The molecule has 2 aliphatic rings. The van der Waals surface area contributed by atoms with E-state index in [9.17, 15) is 4.79 Å². The predicted octanol–water partition coefficient (Wildman–Crippen LogP) is 4.82. The zero-order valence-electron chi connectivity index (χ0n) is 18.8. The normalized spacial score (nSPS) is 21.9. The highest BCUT2D eigenvalue weighted by Gasteiger charge is 2.53. The highest BCUT2D eigenvalue weighted by Crippen LogP contribution is 2.52. The lowest BCUT2D eigenvalue weighted by Gasteiger charge is -2.34. The molecule has 0 amide bonds. The summed E-state index contributed by atoms with van der Waals surface area (Å²) in [5.41, 5.74) is 4.91. The predicted molar refractivity (Wildman–Crippen MR) is 128 cm³/mol. The summed E-state index contributed by atoms with van der Waals surface area (Å²) in [4.78, 5) is 17.5. The van der Waals surface area contributed by atoms with Crippen molar-refractivity contribution in [1.29, 1.82) is 0 Å². The van der Waals surface area contributed by atoms with Gasteiger partial charge >= 0.3 is 5.97 Å². The first-order valence-corrected chi connectivity index (χ1v) is 11.4. The topological polar surface area (TPSA) is 32.8 Å². The van der Waals surface area contributed by atoms with Crippen molar-refractivity contribution in [2.45, 2.75) is 37.8 Å². The summed E-state index contributed by atoms with van der Waals surface area (Å²) in [7, 11) is 2.19. The van der Waals surface area contributed by atoms with Gasteiger partial charge in [-0.3, -0.25) is 9.69 Å². The van der Waals surface area contributed by atoms with E-state index in [1.807, 2.05) is 36.4 Å². The Kier molecular flexibility index (Phi) is 5.48. The molecule has 4 nitrogen and oxygen atoms in total. The highest BCUT2D eigenvalue weighted by atomic mass is 16.5. The van der Waals surface area contributed by atoms with Crippen molar-refractivity contribution < 1.29 is 9.53 Å². The quantitative estimate of drug-likeness (QED) is 0.418. The molecule has 5 rings (SSSR count). The Balaban J connectivity index is 1.31. The molecule has 0 aliphatic carbocycles. The number of carbonyl (C=O) groups excluding carboxylic acids is 1. The Bertz CT molecular complexity index is 1100. The zero-order chi connectivity index (χ0) is 22.1. The number of likely N-dealkylation sites (tertiary alicyclic amines) is 1. The summed E-state index contributed by atoms with van der Waals surface area (Å²) in [6, 6.07) is 26.6. The Labute approximate surface area is 190 Å². The summed E-state index contributed by atoms with van der Waals surface area (Å²) in [5.74, 6) is 0.419. The average Bonchev–Trinajstić information content (AvgIpc) is 3.25. The third-order valence-corrected chi connectivity index (χ3v) is 7.12. The third kappa shape index (κ3) is 3.80. The SMILES string of the molecule is CN1c2ccc(OC(=O)Cc3ccccc3)cc2[C@]2(C)CCN(CCc3ccccc3)C12. The summed E-state index contributed by atoms with van der Waals surface area (Å²) in [5, 5.41) is 0. The molecule has 0 bridgehead atoms. The molecule has 1 unspecified atom stereocenters. The second-order valence-electron chi connectivity index (χ2n) is 9.24. The number of hydrogen-bond donors (Lipinski definition) is 0. The first kappa shape index (κ1) is 20.8. The summed E-state index contributed by atoms with van der Waals surface area (Å²) < 4.78 is 5.73. The Morgan fingerprint density at radius 1 is 1.00 bits per heavy atom. The molecule has 0 saturated carbocycles. The van der Waals surface area contributed by atoms with E-state index in [0.717, 1.165) is 31.5 Å². The van der Waals surface area contributed by atoms with Gasteiger partial charge in [-0.25, -0.2) is 0 Å². The Hall–Kier alpha value is -3.11. The number of hydrogen-bond acceptors (Lipinski definition) is 4. The first-order valence-electron chi connectivity index (χ1n) is 11.4. The van der Waals surface area contributed by atoms with E-state index in [1.54, 1.807) is 0 Å². The van der Waals surface area contributed by atoms with Crippen molar-refractivity contribution >= 4 is 11.7 Å². The molecule has 4 heteroatoms. The largest absolute Gasteiger partial charge is 0.426 e. The minimum Gasteiger partial charge on any atom is -0.426 e. The van der Waals surface area contributed by atoms with Crippen LogP contribution >= 0.6 is 0 Å². The summed E-state index contributed by atoms with van der Waals surface area (Å²) >= 11 is 0. The van der Waals surface area contributed by atoms with E-state index in [2.05, 4.69) is 66.2 Å². The van der Waals surface area contributed by atoms with Crippen LogP contribution in [0, 0.1) is 0 Å². The van der Waals surface area contributed by atoms with E-state index >= 15 is 0 Å². The van der Waals surface area contributed by atoms with E-state index in [-0.39, 0.29) is 17.8 Å². The molecule has 32 heavy (non-hydrogen) atoms. The van der Waals surface area contributed by atoms with Crippen LogP contribution in [0.3, 0.4) is 0 Å². The lowest BCUT2D eigenvalue weighted by Crippen LogP contribution is -2.47. The van der Waals surface area contributed by atoms with Gasteiger partial charge in [-0.1, -0.05) is 67.6 Å². The number of carbonyl (C=O) groups is 1. The monoisotopic (exact) mass is 426 g/mol. The Morgan fingerprint density at radius 2 is 1.69 bits per heavy atom. The van der Waals surface area contributed by atoms with Crippen molar-refractivity contribution in [1.82, 2.24) is 4.90 Å². The second-order valence-corrected chi connectivity index (χ2v) is 9.24. The molecule has 2 heterocycles. The lowest BCUT2D eigenvalue weighted by molar-refractivity contribution is -0.133. The lowest BCUT2D eigenvalue weighted by atomic mass is 9.81. The number of ether oxygens (including phenoxy) is 1. The molecule has 1 fully saturated rings. The van der Waals surface area contributed by atoms with Gasteiger partial charge in [0.25, 0.3) is 0 Å². The van der Waals surface area contributed by atoms with Crippen molar-refractivity contribution in [2.75, 3.05) is 25.0 Å². The molecule has 2 atom stereocenters. The van der Waals surface area contributed by atoms with Gasteiger partial charge in [0, 0.05) is 31.2 Å². The van der Waals surface area contributed by atoms with Crippen LogP contribution in [0.1, 0.15) is 30.0 Å². The molecule has 0 aromatic heterocycles. The number of anilines is 1. The number of fused-ring (bicyclic) bond motifs is 3. The fourth-order valence-corrected chi connectivity index (χ4v) is 5.53. The van der Waals surface area contributed by atoms with Crippen molar-refractivity contribution in [3.8, 4) is 5.75 Å². The van der Waals surface area contributed by atoms with Crippen LogP contribution in [0.5, 0.6) is 5.75 Å². The molecule has 1 saturated heterocycles. The average molecular weight is 427 g/mol. The molecular formula is C28H30N2O2. The molecule has 164 valence electrons. The fraction of sp³-hybridized carbons (Fsp3) is 0.321. The van der Waals surface area contributed by atoms with E-state index in [1.165, 1.54) is 16.8 Å². The van der Waals surface area contributed by atoms with Crippen molar-refractivity contribution in [3.63, 3.8) is 0 Å². The maximum Gasteiger partial charge on any atom is 0.315 e. The minimum absolute atomic E-state index is 0.0304. The number of rotatable bonds is 6. The van der Waals surface area contributed by atoms with Gasteiger partial charge < -0.3 is 9.64 Å². The van der Waals surface area contributed by atoms with Crippen LogP contribution in [0.15, 0.2) is 78.9 Å².